The fourth-order valence-corrected chi connectivity index (χ4v) is 2.54. The summed E-state index contributed by atoms with van der Waals surface area (Å²) in [6.07, 6.45) is 2.42. The van der Waals surface area contributed by atoms with Gasteiger partial charge in [-0.25, -0.2) is 0 Å². The van der Waals surface area contributed by atoms with E-state index >= 15 is 0 Å². The molecular weight excluding hydrogens is 294 g/mol. The van der Waals surface area contributed by atoms with Gasteiger partial charge in [0.2, 0.25) is 0 Å². The van der Waals surface area contributed by atoms with Crippen molar-refractivity contribution in [2.45, 2.75) is 32.2 Å². The Labute approximate surface area is 135 Å². The van der Waals surface area contributed by atoms with Gasteiger partial charge in [-0.3, -0.25) is 14.6 Å². The van der Waals surface area contributed by atoms with Crippen molar-refractivity contribution in [3.05, 3.63) is 47.2 Å². The molecule has 1 aliphatic rings. The van der Waals surface area contributed by atoms with E-state index in [0.717, 1.165) is 0 Å². The number of aliphatic imine (C=N–C) groups is 1. The summed E-state index contributed by atoms with van der Waals surface area (Å²) in [5.74, 6) is -1.36. The van der Waals surface area contributed by atoms with Crippen molar-refractivity contribution < 1.29 is 19.8 Å². The first-order valence-corrected chi connectivity index (χ1v) is 7.78. The number of hydrogen-bond acceptors (Lipinski definition) is 5. The van der Waals surface area contributed by atoms with Gasteiger partial charge in [0.15, 0.2) is 11.6 Å². The molecule has 0 bridgehead atoms. The first-order chi connectivity index (χ1) is 11.1. The molecule has 0 unspecified atom stereocenters. The maximum Gasteiger partial charge on any atom is 0.173 e. The Kier molecular flexibility index (Phi) is 5.82. The summed E-state index contributed by atoms with van der Waals surface area (Å²) in [5, 5.41) is 19.5. The lowest BCUT2D eigenvalue weighted by atomic mass is 9.83. The predicted molar refractivity (Wildman–Crippen MR) is 87.8 cm³/mol. The van der Waals surface area contributed by atoms with Crippen molar-refractivity contribution in [3.63, 3.8) is 0 Å². The van der Waals surface area contributed by atoms with Crippen LogP contribution in [0.3, 0.4) is 0 Å². The maximum absolute atomic E-state index is 12.5. The fraction of sp³-hybridized carbons (Fsp3) is 0.389. The molecule has 122 valence electrons. The molecule has 0 spiro atoms. The van der Waals surface area contributed by atoms with Gasteiger partial charge in [-0.15, -0.1) is 0 Å². The van der Waals surface area contributed by atoms with E-state index in [1.165, 1.54) is 6.21 Å². The zero-order chi connectivity index (χ0) is 16.8. The summed E-state index contributed by atoms with van der Waals surface area (Å²) in [6, 6.07) is 8.41. The predicted octanol–water partition coefficient (Wildman–Crippen LogP) is 2.50. The van der Waals surface area contributed by atoms with Crippen LogP contribution in [0.1, 0.15) is 36.5 Å². The van der Waals surface area contributed by atoms with E-state index < -0.39 is 5.92 Å². The molecular formula is C18H21NO4. The minimum atomic E-state index is -0.717. The van der Waals surface area contributed by atoms with E-state index in [0.29, 0.717) is 18.4 Å². The number of rotatable bonds is 6. The smallest absolute Gasteiger partial charge is 0.173 e. The van der Waals surface area contributed by atoms with Crippen molar-refractivity contribution in [3.8, 4) is 0 Å². The number of allylic oxidation sites excluding steroid dienone is 2. The minimum absolute atomic E-state index is 0.0810. The minimum Gasteiger partial charge on any atom is -0.511 e. The molecule has 1 aromatic carbocycles. The highest BCUT2D eigenvalue weighted by Crippen LogP contribution is 2.28. The van der Waals surface area contributed by atoms with Crippen LogP contribution in [0.2, 0.25) is 0 Å². The van der Waals surface area contributed by atoms with Gasteiger partial charge < -0.3 is 10.2 Å². The number of benzene rings is 1. The van der Waals surface area contributed by atoms with Gasteiger partial charge in [-0.1, -0.05) is 37.3 Å². The molecule has 0 saturated carbocycles. The van der Waals surface area contributed by atoms with Crippen molar-refractivity contribution in [2.75, 3.05) is 6.61 Å². The lowest BCUT2D eigenvalue weighted by Gasteiger charge is -2.21. The van der Waals surface area contributed by atoms with Gasteiger partial charge in [-0.2, -0.15) is 0 Å². The van der Waals surface area contributed by atoms with Crippen LogP contribution in [0.4, 0.5) is 0 Å². The molecule has 5 nitrogen and oxygen atoms in total. The number of carbonyl (C=O) groups excluding carboxylic acids is 2. The second kappa shape index (κ2) is 7.83. The summed E-state index contributed by atoms with van der Waals surface area (Å²) in [4.78, 5) is 28.7. The fourth-order valence-electron chi connectivity index (χ4n) is 2.54. The van der Waals surface area contributed by atoms with Crippen LogP contribution >= 0.6 is 0 Å². The number of hydrogen-bond donors (Lipinski definition) is 2. The topological polar surface area (TPSA) is 87.0 Å². The van der Waals surface area contributed by atoms with Crippen LogP contribution in [0.15, 0.2) is 46.7 Å². The molecule has 23 heavy (non-hydrogen) atoms. The second-order valence-corrected chi connectivity index (χ2v) is 5.57. The first kappa shape index (κ1) is 17.1. The molecule has 2 atom stereocenters. The Hall–Kier alpha value is -2.27. The Morgan fingerprint density at radius 3 is 2.70 bits per heavy atom. The molecule has 2 rings (SSSR count). The number of ketones is 2. The average molecular weight is 315 g/mol. The number of aliphatic hydroxyl groups is 2. The first-order valence-electron chi connectivity index (χ1n) is 7.78. The molecule has 0 radical (unpaired) electrons. The van der Waals surface area contributed by atoms with E-state index in [4.69, 9.17) is 5.11 Å². The van der Waals surface area contributed by atoms with Crippen LogP contribution in [0.25, 0.3) is 0 Å². The summed E-state index contributed by atoms with van der Waals surface area (Å²) in [6.45, 7) is 1.75. The van der Waals surface area contributed by atoms with E-state index in [-0.39, 0.29) is 42.0 Å². The van der Waals surface area contributed by atoms with E-state index in [9.17, 15) is 14.7 Å². The van der Waals surface area contributed by atoms with Gasteiger partial charge in [0, 0.05) is 18.2 Å². The van der Waals surface area contributed by atoms with E-state index in [2.05, 4.69) is 4.99 Å². The van der Waals surface area contributed by atoms with Crippen molar-refractivity contribution in [2.24, 2.45) is 10.9 Å². The largest absolute Gasteiger partial charge is 0.511 e. The molecule has 0 fully saturated rings. The van der Waals surface area contributed by atoms with Crippen molar-refractivity contribution >= 4 is 17.8 Å². The zero-order valence-electron chi connectivity index (χ0n) is 13.1. The summed E-state index contributed by atoms with van der Waals surface area (Å²) in [5.41, 5.74) is 0.592. The van der Waals surface area contributed by atoms with Gasteiger partial charge >= 0.3 is 0 Å². The highest BCUT2D eigenvalue weighted by molar-refractivity contribution is 6.16. The zero-order valence-corrected chi connectivity index (χ0v) is 13.1. The number of aliphatic hydroxyl groups excluding tert-OH is 2. The summed E-state index contributed by atoms with van der Waals surface area (Å²) >= 11 is 0. The summed E-state index contributed by atoms with van der Waals surface area (Å²) in [7, 11) is 0. The lowest BCUT2D eigenvalue weighted by Crippen LogP contribution is -2.27. The molecule has 0 amide bonds. The van der Waals surface area contributed by atoms with Gasteiger partial charge in [-0.05, 0) is 12.8 Å². The Bertz CT molecular complexity index is 630. The van der Waals surface area contributed by atoms with Crippen molar-refractivity contribution in [1.29, 1.82) is 0 Å². The standard InChI is InChI=1S/C18H21NO4/c1-2-13(11-20)19-10-15-16(21)9-8-14(18(15)23)17(22)12-6-4-3-5-7-12/h3-7,10,13-14,20,23H,2,8-9,11H2,1H3/t13-,14-/m0/s1. The number of nitrogens with zero attached hydrogens (tertiary/aromatic N) is 1. The average Bonchev–Trinajstić information content (AvgIpc) is 2.58. The lowest BCUT2D eigenvalue weighted by molar-refractivity contribution is -0.116. The summed E-state index contributed by atoms with van der Waals surface area (Å²) < 4.78 is 0. The molecule has 1 aromatic rings. The Morgan fingerprint density at radius 1 is 1.39 bits per heavy atom. The monoisotopic (exact) mass is 315 g/mol. The molecule has 1 aliphatic carbocycles. The third kappa shape index (κ3) is 3.93. The van der Waals surface area contributed by atoms with Crippen LogP contribution < -0.4 is 0 Å². The Balaban J connectivity index is 2.29. The van der Waals surface area contributed by atoms with Crippen LogP contribution in [0, 0.1) is 5.92 Å². The van der Waals surface area contributed by atoms with Gasteiger partial charge in [0.25, 0.3) is 0 Å². The Morgan fingerprint density at radius 2 is 2.09 bits per heavy atom. The molecule has 5 heteroatoms. The third-order valence-corrected chi connectivity index (χ3v) is 4.04. The van der Waals surface area contributed by atoms with Gasteiger partial charge in [0.05, 0.1) is 24.1 Å². The van der Waals surface area contributed by atoms with E-state index in [1.54, 1.807) is 24.3 Å². The normalized spacial score (nSPS) is 20.1. The number of Topliss-reactive ketones (excluding diaryl/α,β-unsaturated/α-hetero) is 2. The quantitative estimate of drug-likeness (QED) is 0.624. The van der Waals surface area contributed by atoms with Crippen LogP contribution in [-0.2, 0) is 4.79 Å². The SMILES string of the molecule is CC[C@@H](CO)N=CC1=C(O)[C@H](C(=O)c2ccccc2)CCC1=O. The molecule has 0 saturated heterocycles. The van der Waals surface area contributed by atoms with Crippen molar-refractivity contribution in [1.82, 2.24) is 0 Å². The van der Waals surface area contributed by atoms with E-state index in [1.807, 2.05) is 13.0 Å². The highest BCUT2D eigenvalue weighted by atomic mass is 16.3. The second-order valence-electron chi connectivity index (χ2n) is 5.57. The maximum atomic E-state index is 12.5. The van der Waals surface area contributed by atoms with Crippen LogP contribution in [0.5, 0.6) is 0 Å². The van der Waals surface area contributed by atoms with Crippen LogP contribution in [-0.4, -0.2) is 40.6 Å². The van der Waals surface area contributed by atoms with Gasteiger partial charge in [0.1, 0.15) is 5.76 Å². The number of carbonyl (C=O) groups is 2. The molecule has 0 heterocycles. The third-order valence-electron chi connectivity index (χ3n) is 4.04. The highest BCUT2D eigenvalue weighted by Gasteiger charge is 2.32. The molecule has 0 aliphatic heterocycles. The molecule has 0 aromatic heterocycles. The molecule has 2 N–H and O–H groups in total.